The molecule has 0 spiro atoms. The lowest BCUT2D eigenvalue weighted by Gasteiger charge is -2.32. The fourth-order valence-corrected chi connectivity index (χ4v) is 2.22. The number of pyridine rings is 1. The summed E-state index contributed by atoms with van der Waals surface area (Å²) in [6, 6.07) is 3.60. The Morgan fingerprint density at radius 2 is 1.84 bits per heavy atom. The van der Waals surface area contributed by atoms with Crippen LogP contribution in [0.25, 0.3) is 0 Å². The van der Waals surface area contributed by atoms with E-state index in [0.717, 1.165) is 25.8 Å². The van der Waals surface area contributed by atoms with Crippen molar-refractivity contribution in [3.05, 3.63) is 23.9 Å². The number of carbonyl (C=O) groups is 1. The minimum atomic E-state index is -0.115. The Bertz CT molecular complexity index is 405. The molecule has 1 amide bonds. The molecule has 0 unspecified atom stereocenters. The summed E-state index contributed by atoms with van der Waals surface area (Å²) < 4.78 is 0. The maximum Gasteiger partial charge on any atom is 0.255 e. The summed E-state index contributed by atoms with van der Waals surface area (Å²) >= 11 is 0. The van der Waals surface area contributed by atoms with E-state index in [0.29, 0.717) is 11.4 Å². The fourth-order valence-electron chi connectivity index (χ4n) is 2.22. The lowest BCUT2D eigenvalue weighted by Crippen LogP contribution is -2.47. The van der Waals surface area contributed by atoms with Gasteiger partial charge in [0.15, 0.2) is 0 Å². The molecule has 0 fully saturated rings. The van der Waals surface area contributed by atoms with Crippen LogP contribution in [-0.4, -0.2) is 23.0 Å². The Morgan fingerprint density at radius 1 is 1.21 bits per heavy atom. The maximum absolute atomic E-state index is 12.4. The van der Waals surface area contributed by atoms with Gasteiger partial charge in [-0.2, -0.15) is 0 Å². The second-order valence-electron chi connectivity index (χ2n) is 4.73. The van der Waals surface area contributed by atoms with Gasteiger partial charge in [0.1, 0.15) is 5.82 Å². The van der Waals surface area contributed by atoms with Crippen LogP contribution >= 0.6 is 0 Å². The number of hydrogen-bond acceptors (Lipinski definition) is 3. The third kappa shape index (κ3) is 3.69. The van der Waals surface area contributed by atoms with E-state index in [-0.39, 0.29) is 11.4 Å². The number of rotatable bonds is 7. The van der Waals surface area contributed by atoms with Gasteiger partial charge >= 0.3 is 0 Å². The highest BCUT2D eigenvalue weighted by Gasteiger charge is 2.27. The van der Waals surface area contributed by atoms with Gasteiger partial charge in [-0.1, -0.05) is 20.8 Å². The summed E-state index contributed by atoms with van der Waals surface area (Å²) in [5, 5.41) is 6.30. The van der Waals surface area contributed by atoms with E-state index in [1.807, 2.05) is 13.0 Å². The van der Waals surface area contributed by atoms with E-state index in [9.17, 15) is 4.79 Å². The fraction of sp³-hybridized carbons (Fsp3) is 0.600. The number of carbonyl (C=O) groups excluding carboxylic acids is 1. The Kier molecular flexibility index (Phi) is 5.80. The molecule has 0 aliphatic carbocycles. The Morgan fingerprint density at radius 3 is 2.37 bits per heavy atom. The minimum Gasteiger partial charge on any atom is -0.370 e. The molecule has 0 aliphatic rings. The standard InChI is InChI=1S/C15H25N3O/c1-5-15(6-2,7-3)18-14(19)12-10-9-11-17-13(12)16-8-4/h9-11H,5-8H2,1-4H3,(H,16,17)(H,18,19). The lowest BCUT2D eigenvalue weighted by atomic mass is 9.89. The monoisotopic (exact) mass is 263 g/mol. The smallest absolute Gasteiger partial charge is 0.255 e. The van der Waals surface area contributed by atoms with Crippen LogP contribution in [0.3, 0.4) is 0 Å². The predicted molar refractivity (Wildman–Crippen MR) is 79.5 cm³/mol. The van der Waals surface area contributed by atoms with Gasteiger partial charge in [-0.05, 0) is 38.3 Å². The van der Waals surface area contributed by atoms with Gasteiger partial charge < -0.3 is 10.6 Å². The van der Waals surface area contributed by atoms with Crippen LogP contribution < -0.4 is 10.6 Å². The van der Waals surface area contributed by atoms with Crippen LogP contribution in [0.4, 0.5) is 5.82 Å². The van der Waals surface area contributed by atoms with Crippen molar-refractivity contribution in [2.24, 2.45) is 0 Å². The number of hydrogen-bond donors (Lipinski definition) is 2. The number of nitrogens with zero attached hydrogens (tertiary/aromatic N) is 1. The maximum atomic E-state index is 12.4. The molecular weight excluding hydrogens is 238 g/mol. The molecule has 0 bridgehead atoms. The van der Waals surface area contributed by atoms with E-state index in [1.165, 1.54) is 0 Å². The second-order valence-corrected chi connectivity index (χ2v) is 4.73. The molecule has 0 aliphatic heterocycles. The summed E-state index contributed by atoms with van der Waals surface area (Å²) in [6.45, 7) is 9.08. The van der Waals surface area contributed by atoms with Crippen LogP contribution in [-0.2, 0) is 0 Å². The van der Waals surface area contributed by atoms with E-state index < -0.39 is 0 Å². The van der Waals surface area contributed by atoms with Gasteiger partial charge in [0, 0.05) is 18.3 Å². The molecule has 1 rings (SSSR count). The van der Waals surface area contributed by atoms with E-state index >= 15 is 0 Å². The molecule has 19 heavy (non-hydrogen) atoms. The normalized spacial score (nSPS) is 11.2. The van der Waals surface area contributed by atoms with Gasteiger partial charge in [-0.3, -0.25) is 4.79 Å². The predicted octanol–water partition coefficient (Wildman–Crippen LogP) is 3.21. The van der Waals surface area contributed by atoms with Crippen molar-refractivity contribution in [3.63, 3.8) is 0 Å². The molecule has 106 valence electrons. The van der Waals surface area contributed by atoms with Gasteiger partial charge in [0.05, 0.1) is 5.56 Å². The third-order valence-corrected chi connectivity index (χ3v) is 3.81. The van der Waals surface area contributed by atoms with Gasteiger partial charge in [0.2, 0.25) is 0 Å². The molecule has 1 aromatic heterocycles. The highest BCUT2D eigenvalue weighted by atomic mass is 16.1. The molecule has 4 heteroatoms. The highest BCUT2D eigenvalue weighted by Crippen LogP contribution is 2.21. The van der Waals surface area contributed by atoms with Crippen molar-refractivity contribution in [1.82, 2.24) is 10.3 Å². The van der Waals surface area contributed by atoms with Crippen LogP contribution in [0.2, 0.25) is 0 Å². The Balaban J connectivity index is 2.94. The zero-order valence-electron chi connectivity index (χ0n) is 12.4. The van der Waals surface area contributed by atoms with Gasteiger partial charge in [-0.25, -0.2) is 4.98 Å². The molecule has 2 N–H and O–H groups in total. The summed E-state index contributed by atoms with van der Waals surface area (Å²) in [5.74, 6) is 0.606. The van der Waals surface area contributed by atoms with E-state index in [2.05, 4.69) is 36.4 Å². The molecule has 0 atom stereocenters. The summed E-state index contributed by atoms with van der Waals surface area (Å²) in [4.78, 5) is 16.7. The van der Waals surface area contributed by atoms with Crippen LogP contribution in [0.15, 0.2) is 18.3 Å². The molecule has 4 nitrogen and oxygen atoms in total. The highest BCUT2D eigenvalue weighted by molar-refractivity contribution is 5.99. The molecule has 0 radical (unpaired) electrons. The zero-order valence-corrected chi connectivity index (χ0v) is 12.4. The number of amides is 1. The summed E-state index contributed by atoms with van der Waals surface area (Å²) in [5.41, 5.74) is 0.500. The first-order valence-corrected chi connectivity index (χ1v) is 7.13. The quantitative estimate of drug-likeness (QED) is 0.794. The first-order valence-electron chi connectivity index (χ1n) is 7.13. The first kappa shape index (κ1) is 15.5. The van der Waals surface area contributed by atoms with Crippen molar-refractivity contribution in [2.45, 2.75) is 52.5 Å². The van der Waals surface area contributed by atoms with Crippen molar-refractivity contribution < 1.29 is 4.79 Å². The van der Waals surface area contributed by atoms with Crippen LogP contribution in [0.5, 0.6) is 0 Å². The largest absolute Gasteiger partial charge is 0.370 e. The average Bonchev–Trinajstić information content (AvgIpc) is 2.46. The van der Waals surface area contributed by atoms with Crippen molar-refractivity contribution in [2.75, 3.05) is 11.9 Å². The summed E-state index contributed by atoms with van der Waals surface area (Å²) in [7, 11) is 0. The molecular formula is C15H25N3O. The van der Waals surface area contributed by atoms with Crippen molar-refractivity contribution >= 4 is 11.7 Å². The van der Waals surface area contributed by atoms with Crippen molar-refractivity contribution in [3.8, 4) is 0 Å². The molecule has 0 aromatic carbocycles. The SMILES string of the molecule is CCNc1ncccc1C(=O)NC(CC)(CC)CC. The number of aromatic nitrogens is 1. The molecule has 1 heterocycles. The van der Waals surface area contributed by atoms with E-state index in [1.54, 1.807) is 12.3 Å². The second kappa shape index (κ2) is 7.12. The molecule has 0 saturated carbocycles. The first-order chi connectivity index (χ1) is 9.12. The Labute approximate surface area is 116 Å². The Hall–Kier alpha value is -1.58. The molecule has 1 aromatic rings. The van der Waals surface area contributed by atoms with Gasteiger partial charge in [-0.15, -0.1) is 0 Å². The average molecular weight is 263 g/mol. The zero-order chi connectivity index (χ0) is 14.3. The number of nitrogens with one attached hydrogen (secondary N) is 2. The minimum absolute atomic E-state index is 0.0467. The number of anilines is 1. The third-order valence-electron chi connectivity index (χ3n) is 3.81. The van der Waals surface area contributed by atoms with Crippen LogP contribution in [0.1, 0.15) is 57.3 Å². The van der Waals surface area contributed by atoms with Crippen molar-refractivity contribution in [1.29, 1.82) is 0 Å². The summed E-state index contributed by atoms with van der Waals surface area (Å²) in [6.07, 6.45) is 4.50. The topological polar surface area (TPSA) is 54.0 Å². The molecule has 0 saturated heterocycles. The van der Waals surface area contributed by atoms with Gasteiger partial charge in [0.25, 0.3) is 5.91 Å². The lowest BCUT2D eigenvalue weighted by molar-refractivity contribution is 0.0889. The van der Waals surface area contributed by atoms with E-state index in [4.69, 9.17) is 0 Å². The van der Waals surface area contributed by atoms with Crippen LogP contribution in [0, 0.1) is 0 Å².